The van der Waals surface area contributed by atoms with E-state index in [1.54, 1.807) is 0 Å². The van der Waals surface area contributed by atoms with Crippen molar-refractivity contribution in [3.63, 3.8) is 0 Å². The largest absolute Gasteiger partial charge is 0.486 e. The molecule has 168 valence electrons. The number of benzene rings is 2. The van der Waals surface area contributed by atoms with Crippen LogP contribution in [0, 0.1) is 0 Å². The molecule has 3 aliphatic rings. The zero-order chi connectivity index (χ0) is 22.1. The fraction of sp³-hybridized carbons (Fsp3) is 0.440. The molecule has 0 radical (unpaired) electrons. The Morgan fingerprint density at radius 3 is 2.59 bits per heavy atom. The quantitative estimate of drug-likeness (QED) is 0.731. The van der Waals surface area contributed by atoms with E-state index >= 15 is 0 Å². The maximum atomic E-state index is 13.6. The van der Waals surface area contributed by atoms with Crippen molar-refractivity contribution >= 4 is 11.9 Å². The third-order valence-corrected chi connectivity index (χ3v) is 6.80. The van der Waals surface area contributed by atoms with E-state index in [4.69, 9.17) is 9.47 Å². The second-order valence-corrected chi connectivity index (χ2v) is 8.78. The summed E-state index contributed by atoms with van der Waals surface area (Å²) in [6.45, 7) is 4.70. The first kappa shape index (κ1) is 20.8. The molecule has 3 amide bonds. The first-order valence-corrected chi connectivity index (χ1v) is 11.4. The van der Waals surface area contributed by atoms with Gasteiger partial charge in [0.15, 0.2) is 11.5 Å². The number of ether oxygens (including phenoxy) is 2. The number of likely N-dealkylation sites (tertiary alicyclic amines) is 1. The molecule has 2 aromatic rings. The monoisotopic (exact) mass is 435 g/mol. The molecule has 32 heavy (non-hydrogen) atoms. The number of para-hydroxylation sites is 2. The average Bonchev–Trinajstić information content (AvgIpc) is 3.10. The highest BCUT2D eigenvalue weighted by molar-refractivity contribution is 6.07. The number of piperidine rings is 1. The van der Waals surface area contributed by atoms with Gasteiger partial charge < -0.3 is 14.8 Å². The Bertz CT molecular complexity index is 998. The Hall–Kier alpha value is -3.06. The van der Waals surface area contributed by atoms with Crippen LogP contribution in [0.25, 0.3) is 0 Å². The second kappa shape index (κ2) is 8.47. The van der Waals surface area contributed by atoms with Crippen LogP contribution in [0.4, 0.5) is 4.79 Å². The fourth-order valence-corrected chi connectivity index (χ4v) is 5.14. The maximum Gasteiger partial charge on any atom is 0.325 e. The predicted octanol–water partition coefficient (Wildman–Crippen LogP) is 3.15. The van der Waals surface area contributed by atoms with E-state index in [-0.39, 0.29) is 24.1 Å². The molecule has 7 heteroatoms. The SMILES string of the molecule is CCC1(c2ccccc2)NC(=O)N(C2CCCN(CC3COc4ccccc4O3)C2)C1=O. The van der Waals surface area contributed by atoms with Crippen LogP contribution in [0.2, 0.25) is 0 Å². The van der Waals surface area contributed by atoms with Crippen molar-refractivity contribution in [2.75, 3.05) is 26.2 Å². The lowest BCUT2D eigenvalue weighted by Gasteiger charge is -2.38. The molecule has 2 fully saturated rings. The van der Waals surface area contributed by atoms with Crippen LogP contribution in [0.15, 0.2) is 54.6 Å². The molecule has 2 saturated heterocycles. The number of carbonyl (C=O) groups excluding carboxylic acids is 2. The fourth-order valence-electron chi connectivity index (χ4n) is 5.14. The number of nitrogens with one attached hydrogen (secondary N) is 1. The molecular formula is C25H29N3O4. The van der Waals surface area contributed by atoms with Crippen molar-refractivity contribution in [2.24, 2.45) is 0 Å². The van der Waals surface area contributed by atoms with E-state index in [0.717, 1.165) is 36.4 Å². The van der Waals surface area contributed by atoms with Gasteiger partial charge in [0.2, 0.25) is 0 Å². The van der Waals surface area contributed by atoms with Crippen LogP contribution in [0.5, 0.6) is 11.5 Å². The van der Waals surface area contributed by atoms with Gasteiger partial charge in [0, 0.05) is 13.1 Å². The first-order valence-electron chi connectivity index (χ1n) is 11.4. The summed E-state index contributed by atoms with van der Waals surface area (Å²) < 4.78 is 12.0. The molecule has 1 N–H and O–H groups in total. The number of carbonyl (C=O) groups is 2. The summed E-state index contributed by atoms with van der Waals surface area (Å²) in [5, 5.41) is 3.01. The van der Waals surface area contributed by atoms with Crippen LogP contribution in [-0.2, 0) is 10.3 Å². The normalized spacial score (nSPS) is 28.0. The van der Waals surface area contributed by atoms with Gasteiger partial charge in [-0.2, -0.15) is 0 Å². The third-order valence-electron chi connectivity index (χ3n) is 6.80. The van der Waals surface area contributed by atoms with Gasteiger partial charge in [0.05, 0.1) is 6.04 Å². The summed E-state index contributed by atoms with van der Waals surface area (Å²) in [4.78, 5) is 30.3. The molecule has 2 aromatic carbocycles. The van der Waals surface area contributed by atoms with Gasteiger partial charge in [-0.1, -0.05) is 49.4 Å². The summed E-state index contributed by atoms with van der Waals surface area (Å²) in [7, 11) is 0. The predicted molar refractivity (Wildman–Crippen MR) is 120 cm³/mol. The maximum absolute atomic E-state index is 13.6. The molecular weight excluding hydrogens is 406 g/mol. The standard InChI is InChI=1S/C25H29N3O4/c1-2-25(18-9-4-3-5-10-18)23(29)28(24(30)26-25)19-11-8-14-27(15-19)16-20-17-31-21-12-6-7-13-22(21)32-20/h3-7,9-10,12-13,19-20H,2,8,11,14-17H2,1H3,(H,26,30). The summed E-state index contributed by atoms with van der Waals surface area (Å²) in [5.74, 6) is 1.40. The van der Waals surface area contributed by atoms with Crippen LogP contribution in [-0.4, -0.2) is 60.1 Å². The van der Waals surface area contributed by atoms with E-state index in [9.17, 15) is 9.59 Å². The number of fused-ring (bicyclic) bond motifs is 1. The van der Waals surface area contributed by atoms with Crippen LogP contribution in [0.3, 0.4) is 0 Å². The van der Waals surface area contributed by atoms with Gasteiger partial charge in [0.1, 0.15) is 18.2 Å². The Kier molecular flexibility index (Phi) is 5.51. The van der Waals surface area contributed by atoms with E-state index in [2.05, 4.69) is 10.2 Å². The topological polar surface area (TPSA) is 71.1 Å². The number of rotatable bonds is 5. The van der Waals surface area contributed by atoms with Crippen LogP contribution in [0.1, 0.15) is 31.7 Å². The van der Waals surface area contributed by atoms with Gasteiger partial charge >= 0.3 is 6.03 Å². The number of hydrogen-bond donors (Lipinski definition) is 1. The van der Waals surface area contributed by atoms with Gasteiger partial charge in [-0.15, -0.1) is 0 Å². The van der Waals surface area contributed by atoms with E-state index in [1.807, 2.05) is 61.5 Å². The number of nitrogens with zero attached hydrogens (tertiary/aromatic N) is 2. The van der Waals surface area contributed by atoms with Gasteiger partial charge in [-0.05, 0) is 43.5 Å². The molecule has 0 aromatic heterocycles. The van der Waals surface area contributed by atoms with E-state index in [0.29, 0.717) is 26.1 Å². The van der Waals surface area contributed by atoms with Crippen molar-refractivity contribution in [2.45, 2.75) is 43.9 Å². The zero-order valence-corrected chi connectivity index (χ0v) is 18.3. The number of amides is 3. The molecule has 0 bridgehead atoms. The zero-order valence-electron chi connectivity index (χ0n) is 18.3. The summed E-state index contributed by atoms with van der Waals surface area (Å²) in [5.41, 5.74) is -0.146. The summed E-state index contributed by atoms with van der Waals surface area (Å²) in [6, 6.07) is 16.8. The Balaban J connectivity index is 1.28. The number of hydrogen-bond acceptors (Lipinski definition) is 5. The average molecular weight is 436 g/mol. The van der Waals surface area contributed by atoms with Gasteiger partial charge in [0.25, 0.3) is 5.91 Å². The molecule has 3 aliphatic heterocycles. The molecule has 3 unspecified atom stereocenters. The molecule has 0 aliphatic carbocycles. The molecule has 0 spiro atoms. The van der Waals surface area contributed by atoms with Gasteiger partial charge in [-0.3, -0.25) is 14.6 Å². The Labute approximate surface area is 188 Å². The van der Waals surface area contributed by atoms with Crippen molar-refractivity contribution in [1.82, 2.24) is 15.1 Å². The number of imide groups is 1. The number of urea groups is 1. The van der Waals surface area contributed by atoms with E-state index < -0.39 is 5.54 Å². The lowest BCUT2D eigenvalue weighted by molar-refractivity contribution is -0.134. The molecule has 7 nitrogen and oxygen atoms in total. The van der Waals surface area contributed by atoms with Crippen molar-refractivity contribution in [1.29, 1.82) is 0 Å². The lowest BCUT2D eigenvalue weighted by Crippen LogP contribution is -2.53. The minimum atomic E-state index is -0.981. The third kappa shape index (κ3) is 3.60. The van der Waals surface area contributed by atoms with Crippen molar-refractivity contribution < 1.29 is 19.1 Å². The highest BCUT2D eigenvalue weighted by atomic mass is 16.6. The minimum Gasteiger partial charge on any atom is -0.486 e. The van der Waals surface area contributed by atoms with Crippen LogP contribution < -0.4 is 14.8 Å². The summed E-state index contributed by atoms with van der Waals surface area (Å²) >= 11 is 0. The van der Waals surface area contributed by atoms with Crippen molar-refractivity contribution in [3.8, 4) is 11.5 Å². The van der Waals surface area contributed by atoms with Gasteiger partial charge in [-0.25, -0.2) is 4.79 Å². The first-order chi connectivity index (χ1) is 15.6. The lowest BCUT2D eigenvalue weighted by atomic mass is 9.87. The molecule has 3 heterocycles. The molecule has 3 atom stereocenters. The highest BCUT2D eigenvalue weighted by Gasteiger charge is 2.53. The highest BCUT2D eigenvalue weighted by Crippen LogP contribution is 2.35. The van der Waals surface area contributed by atoms with E-state index in [1.165, 1.54) is 4.90 Å². The Morgan fingerprint density at radius 2 is 1.81 bits per heavy atom. The summed E-state index contributed by atoms with van der Waals surface area (Å²) in [6.07, 6.45) is 2.18. The van der Waals surface area contributed by atoms with Crippen molar-refractivity contribution in [3.05, 3.63) is 60.2 Å². The minimum absolute atomic E-state index is 0.0780. The molecule has 0 saturated carbocycles. The van der Waals surface area contributed by atoms with Crippen LogP contribution >= 0.6 is 0 Å². The Morgan fingerprint density at radius 1 is 1.06 bits per heavy atom. The molecule has 5 rings (SSSR count). The second-order valence-electron chi connectivity index (χ2n) is 8.78. The smallest absolute Gasteiger partial charge is 0.325 e.